The number of fused-ring (bicyclic) bond motifs is 1. The summed E-state index contributed by atoms with van der Waals surface area (Å²) in [5.74, 6) is 0. The molecule has 3 nitrogen and oxygen atoms in total. The van der Waals surface area contributed by atoms with Gasteiger partial charge in [0, 0.05) is 6.07 Å². The summed E-state index contributed by atoms with van der Waals surface area (Å²) in [6.07, 6.45) is 0. The van der Waals surface area contributed by atoms with Crippen LogP contribution in [0.3, 0.4) is 0 Å². The summed E-state index contributed by atoms with van der Waals surface area (Å²) in [6.45, 7) is 1.89. The number of hydrogen-bond donors (Lipinski definition) is 0. The van der Waals surface area contributed by atoms with Crippen LogP contribution < -0.4 is 0 Å². The maximum absolute atomic E-state index is 6.37. The zero-order chi connectivity index (χ0) is 12.7. The fourth-order valence-electron chi connectivity index (χ4n) is 1.90. The van der Waals surface area contributed by atoms with Crippen molar-refractivity contribution >= 4 is 28.8 Å². The first-order valence-electron chi connectivity index (χ1n) is 5.43. The molecule has 0 saturated carbocycles. The molecular weight excluding hydrogens is 269 g/mol. The molecular formula is C13H9Cl2N3. The first-order chi connectivity index (χ1) is 8.66. The standard InChI is InChI=1S/C13H9Cl2N3/c1-8-7-10-16-12(14)11(13(15)18(10)17-8)9-5-3-2-4-6-9/h2-7H,1H3. The Morgan fingerprint density at radius 2 is 1.83 bits per heavy atom. The van der Waals surface area contributed by atoms with E-state index in [9.17, 15) is 0 Å². The van der Waals surface area contributed by atoms with E-state index in [0.717, 1.165) is 11.3 Å². The Labute approximate surface area is 114 Å². The van der Waals surface area contributed by atoms with Gasteiger partial charge in [-0.05, 0) is 12.5 Å². The lowest BCUT2D eigenvalue weighted by Gasteiger charge is -2.07. The lowest BCUT2D eigenvalue weighted by Crippen LogP contribution is -1.97. The van der Waals surface area contributed by atoms with Crippen LogP contribution in [0.25, 0.3) is 16.8 Å². The number of aromatic nitrogens is 3. The van der Waals surface area contributed by atoms with Crippen LogP contribution in [0.1, 0.15) is 5.69 Å². The largest absolute Gasteiger partial charge is 0.216 e. The summed E-state index contributed by atoms with van der Waals surface area (Å²) in [6, 6.07) is 11.5. The molecule has 90 valence electrons. The Bertz CT molecular complexity index is 720. The lowest BCUT2D eigenvalue weighted by molar-refractivity contribution is 0.920. The molecule has 0 spiro atoms. The summed E-state index contributed by atoms with van der Waals surface area (Å²) in [5.41, 5.74) is 3.14. The second-order valence-corrected chi connectivity index (χ2v) is 4.71. The number of aryl methyl sites for hydroxylation is 1. The van der Waals surface area contributed by atoms with Crippen molar-refractivity contribution in [1.82, 2.24) is 14.6 Å². The number of benzene rings is 1. The van der Waals surface area contributed by atoms with E-state index in [4.69, 9.17) is 23.2 Å². The average molecular weight is 278 g/mol. The Balaban J connectivity index is 2.36. The van der Waals surface area contributed by atoms with E-state index in [1.54, 1.807) is 4.52 Å². The number of rotatable bonds is 1. The molecule has 1 aromatic carbocycles. The van der Waals surface area contributed by atoms with Gasteiger partial charge in [0.1, 0.15) is 10.3 Å². The number of halogens is 2. The van der Waals surface area contributed by atoms with Gasteiger partial charge in [0.25, 0.3) is 0 Å². The molecule has 0 bridgehead atoms. The van der Waals surface area contributed by atoms with E-state index < -0.39 is 0 Å². The zero-order valence-electron chi connectivity index (χ0n) is 9.56. The predicted octanol–water partition coefficient (Wildman–Crippen LogP) is 4.01. The van der Waals surface area contributed by atoms with E-state index in [-0.39, 0.29) is 0 Å². The molecule has 18 heavy (non-hydrogen) atoms. The normalized spacial score (nSPS) is 11.1. The highest BCUT2D eigenvalue weighted by Crippen LogP contribution is 2.33. The van der Waals surface area contributed by atoms with Gasteiger partial charge in [-0.3, -0.25) is 0 Å². The molecule has 0 N–H and O–H groups in total. The fourth-order valence-corrected chi connectivity index (χ4v) is 2.56. The van der Waals surface area contributed by atoms with Crippen molar-refractivity contribution in [2.24, 2.45) is 0 Å². The minimum absolute atomic E-state index is 0.388. The number of hydrogen-bond acceptors (Lipinski definition) is 2. The Hall–Kier alpha value is -1.58. The SMILES string of the molecule is Cc1cc2nc(Cl)c(-c3ccccc3)c(Cl)n2n1. The maximum atomic E-state index is 6.37. The van der Waals surface area contributed by atoms with E-state index in [0.29, 0.717) is 21.5 Å². The molecule has 2 aromatic heterocycles. The Morgan fingerprint density at radius 3 is 2.56 bits per heavy atom. The third-order valence-electron chi connectivity index (χ3n) is 2.69. The van der Waals surface area contributed by atoms with Gasteiger partial charge in [-0.25, -0.2) is 9.50 Å². The third kappa shape index (κ3) is 1.76. The molecule has 0 aliphatic heterocycles. The van der Waals surface area contributed by atoms with Gasteiger partial charge in [0.15, 0.2) is 5.65 Å². The highest BCUT2D eigenvalue weighted by molar-refractivity contribution is 6.38. The van der Waals surface area contributed by atoms with Gasteiger partial charge in [0.2, 0.25) is 0 Å². The van der Waals surface area contributed by atoms with Gasteiger partial charge < -0.3 is 0 Å². The van der Waals surface area contributed by atoms with Crippen molar-refractivity contribution in [1.29, 1.82) is 0 Å². The second kappa shape index (κ2) is 4.26. The van der Waals surface area contributed by atoms with Gasteiger partial charge in [-0.15, -0.1) is 0 Å². The topological polar surface area (TPSA) is 30.2 Å². The van der Waals surface area contributed by atoms with Crippen molar-refractivity contribution in [3.8, 4) is 11.1 Å². The Kier molecular flexibility index (Phi) is 2.73. The smallest absolute Gasteiger partial charge is 0.158 e. The molecule has 0 saturated heterocycles. The second-order valence-electron chi connectivity index (χ2n) is 3.99. The third-order valence-corrected chi connectivity index (χ3v) is 3.31. The van der Waals surface area contributed by atoms with Crippen molar-refractivity contribution in [2.75, 3.05) is 0 Å². The van der Waals surface area contributed by atoms with Crippen molar-refractivity contribution in [2.45, 2.75) is 6.92 Å². The predicted molar refractivity (Wildman–Crippen MR) is 73.2 cm³/mol. The van der Waals surface area contributed by atoms with E-state index in [1.165, 1.54) is 0 Å². The van der Waals surface area contributed by atoms with E-state index >= 15 is 0 Å². The van der Waals surface area contributed by atoms with Crippen LogP contribution in [0.5, 0.6) is 0 Å². The van der Waals surface area contributed by atoms with Crippen LogP contribution in [0.4, 0.5) is 0 Å². The molecule has 0 radical (unpaired) electrons. The van der Waals surface area contributed by atoms with Crippen LogP contribution in [0.2, 0.25) is 10.3 Å². The summed E-state index contributed by atoms with van der Waals surface area (Å²) in [5, 5.41) is 5.17. The van der Waals surface area contributed by atoms with Gasteiger partial charge in [-0.2, -0.15) is 5.10 Å². The minimum Gasteiger partial charge on any atom is -0.216 e. The monoisotopic (exact) mass is 277 g/mol. The highest BCUT2D eigenvalue weighted by atomic mass is 35.5. The van der Waals surface area contributed by atoms with Crippen LogP contribution in [-0.4, -0.2) is 14.6 Å². The van der Waals surface area contributed by atoms with Crippen LogP contribution in [-0.2, 0) is 0 Å². The highest BCUT2D eigenvalue weighted by Gasteiger charge is 2.15. The first-order valence-corrected chi connectivity index (χ1v) is 6.19. The first kappa shape index (κ1) is 11.5. The lowest BCUT2D eigenvalue weighted by atomic mass is 10.1. The summed E-state index contributed by atoms with van der Waals surface area (Å²) in [4.78, 5) is 4.32. The van der Waals surface area contributed by atoms with Crippen LogP contribution in [0, 0.1) is 6.92 Å². The zero-order valence-corrected chi connectivity index (χ0v) is 11.1. The van der Waals surface area contributed by atoms with Crippen LogP contribution in [0.15, 0.2) is 36.4 Å². The molecule has 5 heteroatoms. The fraction of sp³-hybridized carbons (Fsp3) is 0.0769. The van der Waals surface area contributed by atoms with Crippen molar-refractivity contribution in [3.63, 3.8) is 0 Å². The molecule has 2 heterocycles. The molecule has 0 atom stereocenters. The summed E-state index contributed by atoms with van der Waals surface area (Å²) < 4.78 is 1.60. The summed E-state index contributed by atoms with van der Waals surface area (Å²) in [7, 11) is 0. The van der Waals surface area contributed by atoms with E-state index in [1.807, 2.05) is 43.3 Å². The Morgan fingerprint density at radius 1 is 1.11 bits per heavy atom. The molecule has 3 rings (SSSR count). The van der Waals surface area contributed by atoms with E-state index in [2.05, 4.69) is 10.1 Å². The maximum Gasteiger partial charge on any atom is 0.158 e. The molecule has 0 unspecified atom stereocenters. The van der Waals surface area contributed by atoms with Gasteiger partial charge in [0.05, 0.1) is 11.3 Å². The van der Waals surface area contributed by atoms with Crippen LogP contribution >= 0.6 is 23.2 Å². The van der Waals surface area contributed by atoms with Gasteiger partial charge in [-0.1, -0.05) is 53.5 Å². The minimum atomic E-state index is 0.388. The van der Waals surface area contributed by atoms with Crippen molar-refractivity contribution in [3.05, 3.63) is 52.4 Å². The number of nitrogens with zero attached hydrogens (tertiary/aromatic N) is 3. The molecule has 0 aliphatic rings. The average Bonchev–Trinajstić information content (AvgIpc) is 2.71. The summed E-state index contributed by atoms with van der Waals surface area (Å²) >= 11 is 12.6. The molecule has 3 aromatic rings. The van der Waals surface area contributed by atoms with Gasteiger partial charge >= 0.3 is 0 Å². The quantitative estimate of drug-likeness (QED) is 0.629. The molecule has 0 fully saturated rings. The van der Waals surface area contributed by atoms with Crippen molar-refractivity contribution < 1.29 is 0 Å². The molecule has 0 amide bonds. The molecule has 0 aliphatic carbocycles.